The molecule has 0 saturated heterocycles. The molecule has 0 atom stereocenters. The number of hydrogen-bond acceptors (Lipinski definition) is 4. The van der Waals surface area contributed by atoms with Crippen LogP contribution in [0.4, 0.5) is 0 Å². The normalized spacial score (nSPS) is 11.3. The molecular formula is C21H25NO3. The largest absolute Gasteiger partial charge is 0.494 e. The van der Waals surface area contributed by atoms with Crippen LogP contribution in [0.3, 0.4) is 0 Å². The van der Waals surface area contributed by atoms with Crippen LogP contribution in [0.25, 0.3) is 0 Å². The maximum Gasteiger partial charge on any atom is 0.365 e. The number of benzene rings is 2. The first-order valence-electron chi connectivity index (χ1n) is 8.57. The second-order valence-electron chi connectivity index (χ2n) is 6.08. The minimum atomic E-state index is -0.483. The van der Waals surface area contributed by atoms with E-state index in [-0.39, 0.29) is 0 Å². The van der Waals surface area contributed by atoms with Gasteiger partial charge >= 0.3 is 5.97 Å². The summed E-state index contributed by atoms with van der Waals surface area (Å²) in [5, 5.41) is 3.96. The van der Waals surface area contributed by atoms with Crippen LogP contribution in [0.1, 0.15) is 53.7 Å². The van der Waals surface area contributed by atoms with Crippen molar-refractivity contribution in [2.45, 2.75) is 40.5 Å². The fourth-order valence-corrected chi connectivity index (χ4v) is 2.20. The average molecular weight is 339 g/mol. The molecule has 2 rings (SSSR count). The number of oxime groups is 1. The zero-order valence-corrected chi connectivity index (χ0v) is 15.3. The van der Waals surface area contributed by atoms with Crippen molar-refractivity contribution in [2.75, 3.05) is 6.61 Å². The summed E-state index contributed by atoms with van der Waals surface area (Å²) in [6, 6.07) is 12.9. The molecule has 0 saturated carbocycles. The maximum atomic E-state index is 12.1. The smallest absolute Gasteiger partial charge is 0.365 e. The number of nitrogens with zero attached hydrogens (tertiary/aromatic N) is 1. The lowest BCUT2D eigenvalue weighted by Gasteiger charge is -2.06. The molecule has 0 heterocycles. The van der Waals surface area contributed by atoms with E-state index in [2.05, 4.69) is 19.0 Å². The lowest BCUT2D eigenvalue weighted by atomic mass is 10.0. The molecule has 0 aliphatic carbocycles. The van der Waals surface area contributed by atoms with E-state index >= 15 is 0 Å². The highest BCUT2D eigenvalue weighted by atomic mass is 16.7. The third kappa shape index (κ3) is 5.45. The van der Waals surface area contributed by atoms with Gasteiger partial charge in [0.25, 0.3) is 0 Å². The predicted molar refractivity (Wildman–Crippen MR) is 100 cm³/mol. The number of unbranched alkanes of at least 4 members (excludes halogenated alkanes) is 1. The summed E-state index contributed by atoms with van der Waals surface area (Å²) in [4.78, 5) is 17.2. The molecule has 132 valence electrons. The summed E-state index contributed by atoms with van der Waals surface area (Å²) in [5.74, 6) is 0.267. The van der Waals surface area contributed by atoms with E-state index in [1.807, 2.05) is 32.0 Å². The summed E-state index contributed by atoms with van der Waals surface area (Å²) in [6.45, 7) is 8.72. The van der Waals surface area contributed by atoms with Gasteiger partial charge in [0, 0.05) is 0 Å². The van der Waals surface area contributed by atoms with Crippen molar-refractivity contribution in [1.82, 2.24) is 0 Å². The van der Waals surface area contributed by atoms with Gasteiger partial charge < -0.3 is 9.57 Å². The molecule has 4 nitrogen and oxygen atoms in total. The van der Waals surface area contributed by atoms with Crippen LogP contribution in [0.15, 0.2) is 47.6 Å². The Morgan fingerprint density at radius 3 is 2.32 bits per heavy atom. The van der Waals surface area contributed by atoms with Crippen molar-refractivity contribution >= 4 is 11.7 Å². The zero-order chi connectivity index (χ0) is 18.2. The first-order valence-corrected chi connectivity index (χ1v) is 8.57. The topological polar surface area (TPSA) is 47.9 Å². The summed E-state index contributed by atoms with van der Waals surface area (Å²) in [5.41, 5.74) is 4.44. The second kappa shape index (κ2) is 9.02. The SMILES string of the molecule is CCCCOc1ccc(C(=O)ON=C(C)c2ccc(C)c(C)c2)cc1. The monoisotopic (exact) mass is 339 g/mol. The quantitative estimate of drug-likeness (QED) is 0.306. The first kappa shape index (κ1) is 18.7. The van der Waals surface area contributed by atoms with Crippen LogP contribution in [0.2, 0.25) is 0 Å². The van der Waals surface area contributed by atoms with Crippen molar-refractivity contribution in [3.63, 3.8) is 0 Å². The molecule has 2 aromatic rings. The molecule has 0 aromatic heterocycles. The number of hydrogen-bond donors (Lipinski definition) is 0. The van der Waals surface area contributed by atoms with Gasteiger partial charge in [0.2, 0.25) is 0 Å². The molecule has 0 bridgehead atoms. The minimum Gasteiger partial charge on any atom is -0.494 e. The van der Waals surface area contributed by atoms with Gasteiger partial charge in [0.1, 0.15) is 5.75 Å². The van der Waals surface area contributed by atoms with E-state index in [1.54, 1.807) is 24.3 Å². The van der Waals surface area contributed by atoms with E-state index < -0.39 is 5.97 Å². The number of carbonyl (C=O) groups is 1. The fourth-order valence-electron chi connectivity index (χ4n) is 2.20. The van der Waals surface area contributed by atoms with Crippen molar-refractivity contribution in [3.05, 3.63) is 64.7 Å². The minimum absolute atomic E-state index is 0.444. The van der Waals surface area contributed by atoms with E-state index in [9.17, 15) is 4.79 Å². The Bertz CT molecular complexity index is 748. The van der Waals surface area contributed by atoms with Gasteiger partial charge in [-0.2, -0.15) is 0 Å². The molecule has 0 aliphatic rings. The van der Waals surface area contributed by atoms with E-state index in [1.165, 1.54) is 11.1 Å². The maximum absolute atomic E-state index is 12.1. The first-order chi connectivity index (χ1) is 12.0. The Kier molecular flexibility index (Phi) is 6.75. The van der Waals surface area contributed by atoms with Crippen LogP contribution >= 0.6 is 0 Å². The highest BCUT2D eigenvalue weighted by molar-refractivity contribution is 5.99. The van der Waals surface area contributed by atoms with Gasteiger partial charge in [-0.3, -0.25) is 0 Å². The Morgan fingerprint density at radius 2 is 1.68 bits per heavy atom. The lowest BCUT2D eigenvalue weighted by Crippen LogP contribution is -2.04. The number of carbonyl (C=O) groups excluding carboxylic acids is 1. The highest BCUT2D eigenvalue weighted by Crippen LogP contribution is 2.14. The molecule has 25 heavy (non-hydrogen) atoms. The van der Waals surface area contributed by atoms with Crippen LogP contribution in [0, 0.1) is 13.8 Å². The second-order valence-corrected chi connectivity index (χ2v) is 6.08. The highest BCUT2D eigenvalue weighted by Gasteiger charge is 2.08. The molecule has 4 heteroatoms. The van der Waals surface area contributed by atoms with Crippen molar-refractivity contribution < 1.29 is 14.4 Å². The summed E-state index contributed by atoms with van der Waals surface area (Å²) in [6.07, 6.45) is 2.10. The number of ether oxygens (including phenoxy) is 1. The van der Waals surface area contributed by atoms with Gasteiger partial charge in [-0.15, -0.1) is 0 Å². The average Bonchev–Trinajstić information content (AvgIpc) is 2.62. The Hall–Kier alpha value is -2.62. The number of rotatable bonds is 7. The van der Waals surface area contributed by atoms with Gasteiger partial charge in [0.05, 0.1) is 17.9 Å². The van der Waals surface area contributed by atoms with Gasteiger partial charge in [-0.05, 0) is 74.2 Å². The Morgan fingerprint density at radius 1 is 1.00 bits per heavy atom. The van der Waals surface area contributed by atoms with Crippen molar-refractivity contribution in [3.8, 4) is 5.75 Å². The molecule has 0 unspecified atom stereocenters. The molecule has 0 spiro atoms. The predicted octanol–water partition coefficient (Wildman–Crippen LogP) is 5.06. The standard InChI is InChI=1S/C21H25NO3/c1-5-6-13-24-20-11-9-18(10-12-20)21(23)25-22-17(4)19-8-7-15(2)16(3)14-19/h7-12,14H,5-6,13H2,1-4H3. The molecule has 2 aromatic carbocycles. The van der Waals surface area contributed by atoms with Gasteiger partial charge in [0.15, 0.2) is 0 Å². The lowest BCUT2D eigenvalue weighted by molar-refractivity contribution is 0.0516. The van der Waals surface area contributed by atoms with E-state index in [0.29, 0.717) is 17.9 Å². The van der Waals surface area contributed by atoms with E-state index in [0.717, 1.165) is 24.2 Å². The Labute approximate surface area is 149 Å². The van der Waals surface area contributed by atoms with Crippen LogP contribution in [-0.4, -0.2) is 18.3 Å². The molecule has 0 fully saturated rings. The van der Waals surface area contributed by atoms with Crippen LogP contribution < -0.4 is 4.74 Å². The molecule has 0 amide bonds. The third-order valence-electron chi connectivity index (χ3n) is 4.05. The third-order valence-corrected chi connectivity index (χ3v) is 4.05. The van der Waals surface area contributed by atoms with Gasteiger partial charge in [-0.1, -0.05) is 30.6 Å². The van der Waals surface area contributed by atoms with E-state index in [4.69, 9.17) is 9.57 Å². The summed E-state index contributed by atoms with van der Waals surface area (Å²) >= 11 is 0. The molecular weight excluding hydrogens is 314 g/mol. The molecule has 0 radical (unpaired) electrons. The van der Waals surface area contributed by atoms with Gasteiger partial charge in [-0.25, -0.2) is 4.79 Å². The fraction of sp³-hybridized carbons (Fsp3) is 0.333. The Balaban J connectivity index is 1.97. The summed E-state index contributed by atoms with van der Waals surface area (Å²) < 4.78 is 5.58. The van der Waals surface area contributed by atoms with Crippen molar-refractivity contribution in [1.29, 1.82) is 0 Å². The van der Waals surface area contributed by atoms with Crippen LogP contribution in [-0.2, 0) is 4.84 Å². The zero-order valence-electron chi connectivity index (χ0n) is 15.3. The summed E-state index contributed by atoms with van der Waals surface area (Å²) in [7, 11) is 0. The van der Waals surface area contributed by atoms with Crippen molar-refractivity contribution in [2.24, 2.45) is 5.16 Å². The molecule has 0 N–H and O–H groups in total. The number of aryl methyl sites for hydroxylation is 2. The van der Waals surface area contributed by atoms with Crippen LogP contribution in [0.5, 0.6) is 5.75 Å². The molecule has 0 aliphatic heterocycles.